The standard InChI is InChI=1S/C41H32N6OS/c1-28-34(27-47(45-28)41(31-12-6-3-7-13-31,32-14-8-4-9-15-32)33-16-10-5-11-17-33)30-19-21-39-43-25-36(46(39)26-30)29-18-20-35-38(24-29)49-40(44-35)37(48)22-23-42-2/h3-21,24-27,37,48H,22-23H2,1H3/t37-/m0/s1. The summed E-state index contributed by atoms with van der Waals surface area (Å²) in [7, 11) is 0. The first-order valence-electron chi connectivity index (χ1n) is 16.2. The molecule has 238 valence electrons. The van der Waals surface area contributed by atoms with Crippen LogP contribution in [0.4, 0.5) is 0 Å². The average Bonchev–Trinajstić information content (AvgIpc) is 3.88. The van der Waals surface area contributed by atoms with Gasteiger partial charge in [0.05, 0.1) is 34.2 Å². The molecule has 0 amide bonds. The van der Waals surface area contributed by atoms with Gasteiger partial charge in [-0.25, -0.2) is 16.5 Å². The molecule has 8 aromatic rings. The van der Waals surface area contributed by atoms with Crippen molar-refractivity contribution in [2.45, 2.75) is 25.0 Å². The fourth-order valence-corrected chi connectivity index (χ4v) is 7.79. The molecule has 4 heterocycles. The number of hydrogen-bond acceptors (Lipinski definition) is 5. The molecule has 4 aromatic carbocycles. The zero-order valence-electron chi connectivity index (χ0n) is 26.8. The summed E-state index contributed by atoms with van der Waals surface area (Å²) in [5.74, 6) is 0. The summed E-state index contributed by atoms with van der Waals surface area (Å²) in [4.78, 5) is 12.7. The predicted octanol–water partition coefficient (Wildman–Crippen LogP) is 8.97. The number of imidazole rings is 1. The minimum absolute atomic E-state index is 0.274. The third kappa shape index (κ3) is 5.30. The van der Waals surface area contributed by atoms with E-state index in [-0.39, 0.29) is 6.54 Å². The number of aliphatic hydroxyl groups excluding tert-OH is 1. The number of aromatic nitrogens is 5. The minimum atomic E-state index is -0.734. The van der Waals surface area contributed by atoms with Gasteiger partial charge >= 0.3 is 0 Å². The molecular formula is C41H32N6OS. The second-order valence-electron chi connectivity index (χ2n) is 12.1. The van der Waals surface area contributed by atoms with Crippen molar-refractivity contribution in [3.05, 3.63) is 179 Å². The minimum Gasteiger partial charge on any atom is -0.386 e. The Hall–Kier alpha value is -5.88. The first-order valence-corrected chi connectivity index (χ1v) is 17.0. The van der Waals surface area contributed by atoms with Gasteiger partial charge in [-0.3, -0.25) is 9.08 Å². The van der Waals surface area contributed by atoms with Gasteiger partial charge in [-0.2, -0.15) is 5.10 Å². The second-order valence-corrected chi connectivity index (χ2v) is 13.2. The SMILES string of the molecule is [C-]#[N+]CC[C@H](O)c1nc2ccc(-c3cnc4ccc(-c5cn(C(c6ccccc6)(c6ccccc6)c6ccccc6)nc5C)cn34)cc2s1. The van der Waals surface area contributed by atoms with Gasteiger partial charge < -0.3 is 9.95 Å². The molecule has 4 aromatic heterocycles. The fraction of sp³-hybridized carbons (Fsp3) is 0.122. The Morgan fingerprint density at radius 2 is 1.45 bits per heavy atom. The first-order chi connectivity index (χ1) is 24.1. The van der Waals surface area contributed by atoms with Crippen molar-refractivity contribution in [1.29, 1.82) is 0 Å². The molecule has 8 heteroatoms. The topological polar surface area (TPSA) is 72.6 Å². The van der Waals surface area contributed by atoms with E-state index in [0.29, 0.717) is 11.4 Å². The molecule has 1 N–H and O–H groups in total. The zero-order valence-corrected chi connectivity index (χ0v) is 27.6. The van der Waals surface area contributed by atoms with E-state index in [9.17, 15) is 5.11 Å². The lowest BCUT2D eigenvalue weighted by Gasteiger charge is -2.36. The number of aryl methyl sites for hydroxylation is 1. The maximum atomic E-state index is 10.5. The van der Waals surface area contributed by atoms with Crippen LogP contribution in [0, 0.1) is 13.5 Å². The molecule has 49 heavy (non-hydrogen) atoms. The predicted molar refractivity (Wildman–Crippen MR) is 195 cm³/mol. The van der Waals surface area contributed by atoms with E-state index in [4.69, 9.17) is 16.7 Å². The van der Waals surface area contributed by atoms with Crippen LogP contribution in [0.15, 0.2) is 140 Å². The summed E-state index contributed by atoms with van der Waals surface area (Å²) in [6.07, 6.45) is 5.85. The number of nitrogens with zero attached hydrogens (tertiary/aromatic N) is 6. The van der Waals surface area contributed by atoms with Crippen LogP contribution in [0.3, 0.4) is 0 Å². The molecule has 0 aliphatic rings. The lowest BCUT2D eigenvalue weighted by Crippen LogP contribution is -2.38. The molecule has 0 bridgehead atoms. The lowest BCUT2D eigenvalue weighted by atomic mass is 9.77. The third-order valence-corrected chi connectivity index (χ3v) is 10.3. The molecule has 0 fully saturated rings. The maximum Gasteiger partial charge on any atom is 0.217 e. The highest BCUT2D eigenvalue weighted by Gasteiger charge is 2.39. The van der Waals surface area contributed by atoms with Crippen molar-refractivity contribution >= 4 is 27.2 Å². The number of benzene rings is 4. The van der Waals surface area contributed by atoms with Gasteiger partial charge in [-0.05, 0) is 47.9 Å². The van der Waals surface area contributed by atoms with E-state index >= 15 is 0 Å². The molecule has 0 radical (unpaired) electrons. The molecule has 0 spiro atoms. The average molecular weight is 657 g/mol. The number of pyridine rings is 1. The lowest BCUT2D eigenvalue weighted by molar-refractivity contribution is 0.172. The van der Waals surface area contributed by atoms with Crippen LogP contribution >= 0.6 is 11.3 Å². The third-order valence-electron chi connectivity index (χ3n) is 9.13. The zero-order chi connectivity index (χ0) is 33.4. The Balaban J connectivity index is 1.25. The monoisotopic (exact) mass is 656 g/mol. The Morgan fingerprint density at radius 3 is 2.08 bits per heavy atom. The summed E-state index contributed by atoms with van der Waals surface area (Å²) in [6.45, 7) is 9.38. The van der Waals surface area contributed by atoms with E-state index in [0.717, 1.165) is 60.6 Å². The number of rotatable bonds is 9. The van der Waals surface area contributed by atoms with Crippen LogP contribution in [0.1, 0.15) is 39.9 Å². The van der Waals surface area contributed by atoms with E-state index in [2.05, 4.69) is 141 Å². The van der Waals surface area contributed by atoms with Crippen LogP contribution in [-0.2, 0) is 5.54 Å². The molecule has 0 unspecified atom stereocenters. The molecule has 7 nitrogen and oxygen atoms in total. The highest BCUT2D eigenvalue weighted by atomic mass is 32.1. The first kappa shape index (κ1) is 30.5. The number of aliphatic hydroxyl groups is 1. The van der Waals surface area contributed by atoms with Crippen LogP contribution in [-0.4, -0.2) is 35.8 Å². The normalized spacial score (nSPS) is 12.3. The van der Waals surface area contributed by atoms with Gasteiger partial charge in [0, 0.05) is 29.1 Å². The van der Waals surface area contributed by atoms with E-state index < -0.39 is 11.6 Å². The smallest absolute Gasteiger partial charge is 0.217 e. The quantitative estimate of drug-likeness (QED) is 0.124. The Labute approximate surface area is 288 Å². The highest BCUT2D eigenvalue weighted by molar-refractivity contribution is 7.18. The van der Waals surface area contributed by atoms with Crippen molar-refractivity contribution in [3.8, 4) is 22.4 Å². The summed E-state index contributed by atoms with van der Waals surface area (Å²) >= 11 is 1.47. The second kappa shape index (κ2) is 12.6. The van der Waals surface area contributed by atoms with Crippen LogP contribution in [0.25, 0.3) is 43.1 Å². The molecule has 0 saturated heterocycles. The van der Waals surface area contributed by atoms with Crippen molar-refractivity contribution in [1.82, 2.24) is 24.1 Å². The Bertz CT molecular complexity index is 2340. The van der Waals surface area contributed by atoms with E-state index in [1.165, 1.54) is 11.3 Å². The van der Waals surface area contributed by atoms with Crippen LogP contribution in [0.2, 0.25) is 0 Å². The van der Waals surface area contributed by atoms with Gasteiger partial charge in [0.2, 0.25) is 6.54 Å². The molecule has 0 saturated carbocycles. The van der Waals surface area contributed by atoms with Crippen molar-refractivity contribution < 1.29 is 5.11 Å². The maximum absolute atomic E-state index is 10.5. The fourth-order valence-electron chi connectivity index (χ4n) is 6.76. The van der Waals surface area contributed by atoms with Gasteiger partial charge in [0.1, 0.15) is 22.3 Å². The number of hydrogen-bond donors (Lipinski definition) is 1. The van der Waals surface area contributed by atoms with Gasteiger partial charge in [-0.15, -0.1) is 11.3 Å². The number of fused-ring (bicyclic) bond motifs is 2. The van der Waals surface area contributed by atoms with Gasteiger partial charge in [0.25, 0.3) is 0 Å². The molecule has 0 aliphatic heterocycles. The largest absolute Gasteiger partial charge is 0.386 e. The van der Waals surface area contributed by atoms with Crippen molar-refractivity contribution in [3.63, 3.8) is 0 Å². The summed E-state index contributed by atoms with van der Waals surface area (Å²) in [6, 6.07) is 42.0. The highest BCUT2D eigenvalue weighted by Crippen LogP contribution is 2.42. The van der Waals surface area contributed by atoms with Gasteiger partial charge in [0.15, 0.2) is 0 Å². The van der Waals surface area contributed by atoms with Crippen LogP contribution < -0.4 is 0 Å². The molecule has 8 rings (SSSR count). The van der Waals surface area contributed by atoms with Crippen LogP contribution in [0.5, 0.6) is 0 Å². The summed E-state index contributed by atoms with van der Waals surface area (Å²) < 4.78 is 5.23. The molecule has 0 aliphatic carbocycles. The van der Waals surface area contributed by atoms with Crippen molar-refractivity contribution in [2.75, 3.05) is 6.54 Å². The van der Waals surface area contributed by atoms with Gasteiger partial charge in [-0.1, -0.05) is 97.1 Å². The van der Waals surface area contributed by atoms with E-state index in [1.54, 1.807) is 0 Å². The molecular weight excluding hydrogens is 625 g/mol. The number of thiazole rings is 1. The Morgan fingerprint density at radius 1 is 0.816 bits per heavy atom. The molecule has 1 atom stereocenters. The summed E-state index contributed by atoms with van der Waals surface area (Å²) in [5.41, 5.74) is 9.28. The summed E-state index contributed by atoms with van der Waals surface area (Å²) in [5, 5.41) is 16.4. The Kier molecular flexibility index (Phi) is 7.84. The van der Waals surface area contributed by atoms with E-state index in [1.807, 2.05) is 24.4 Å². The van der Waals surface area contributed by atoms with Crippen molar-refractivity contribution in [2.24, 2.45) is 0 Å².